The summed E-state index contributed by atoms with van der Waals surface area (Å²) in [4.78, 5) is -1.34. The van der Waals surface area contributed by atoms with Crippen LogP contribution in [0, 0.1) is 0 Å². The van der Waals surface area contributed by atoms with E-state index in [1.54, 1.807) is 55.4 Å². The standard InChI is InChI=1S/C20H42O12P4S/c1-9-25-33(21,26-10-2)17-18(34(22,27-11-3)28-12-4)20(36(24,31-15-7)32-16-8)37-19(17)35(23,29-13-5)30-14-6/h17,19H,9-16H2,1-8H3. The van der Waals surface area contributed by atoms with E-state index in [0.29, 0.717) is 0 Å². The lowest BCUT2D eigenvalue weighted by Crippen LogP contribution is -2.27. The topological polar surface area (TPSA) is 142 Å². The highest BCUT2D eigenvalue weighted by molar-refractivity contribution is 8.15. The predicted octanol–water partition coefficient (Wildman–Crippen LogP) is 7.66. The van der Waals surface area contributed by atoms with Crippen molar-refractivity contribution in [3.8, 4) is 0 Å². The van der Waals surface area contributed by atoms with Gasteiger partial charge in [-0.05, 0) is 55.4 Å². The summed E-state index contributed by atoms with van der Waals surface area (Å²) in [6, 6.07) is 0. The average Bonchev–Trinajstić information content (AvgIpc) is 3.25. The summed E-state index contributed by atoms with van der Waals surface area (Å²) < 4.78 is 102. The van der Waals surface area contributed by atoms with Crippen LogP contribution in [0.1, 0.15) is 55.4 Å². The summed E-state index contributed by atoms with van der Waals surface area (Å²) in [6.45, 7) is 12.6. The molecule has 0 aromatic heterocycles. The molecule has 0 aliphatic carbocycles. The second-order valence-corrected chi connectivity index (χ2v) is 17.1. The van der Waals surface area contributed by atoms with Crippen LogP contribution in [-0.2, 0) is 54.5 Å². The van der Waals surface area contributed by atoms with Crippen molar-refractivity contribution in [2.75, 3.05) is 52.9 Å². The molecule has 0 radical (unpaired) electrons. The van der Waals surface area contributed by atoms with E-state index in [9.17, 15) is 18.3 Å². The maximum atomic E-state index is 14.4. The lowest BCUT2D eigenvalue weighted by atomic mass is 10.4. The molecule has 220 valence electrons. The van der Waals surface area contributed by atoms with Crippen LogP contribution in [-0.4, -0.2) is 63.5 Å². The van der Waals surface area contributed by atoms with Gasteiger partial charge in [-0.3, -0.25) is 18.3 Å². The van der Waals surface area contributed by atoms with Crippen molar-refractivity contribution in [1.29, 1.82) is 0 Å². The maximum Gasteiger partial charge on any atom is 0.368 e. The molecule has 2 atom stereocenters. The largest absolute Gasteiger partial charge is 0.368 e. The van der Waals surface area contributed by atoms with Crippen LogP contribution in [0.3, 0.4) is 0 Å². The van der Waals surface area contributed by atoms with Crippen molar-refractivity contribution < 1.29 is 54.5 Å². The summed E-state index contributed by atoms with van der Waals surface area (Å²) in [5.74, 6) is 0. The van der Waals surface area contributed by atoms with Gasteiger partial charge in [-0.2, -0.15) is 0 Å². The fourth-order valence-electron chi connectivity index (χ4n) is 3.64. The minimum absolute atomic E-state index is 0.0115. The van der Waals surface area contributed by atoms with Gasteiger partial charge >= 0.3 is 30.4 Å². The van der Waals surface area contributed by atoms with Crippen molar-refractivity contribution in [2.24, 2.45) is 0 Å². The number of hydrogen-bond acceptors (Lipinski definition) is 13. The highest BCUT2D eigenvalue weighted by Crippen LogP contribution is 2.83. The SMILES string of the molecule is CCOP(=O)(OCC)C1=C(P(=O)(OCC)OCC)C(P(=O)(OCC)OCC)C(P(=O)(OCC)OCC)S1. The Morgan fingerprint density at radius 3 is 1.19 bits per heavy atom. The molecule has 0 spiro atoms. The van der Waals surface area contributed by atoms with E-state index >= 15 is 0 Å². The molecule has 0 amide bonds. The fourth-order valence-corrected chi connectivity index (χ4v) is 17.7. The number of hydrogen-bond donors (Lipinski definition) is 0. The molecule has 0 bridgehead atoms. The third-order valence-electron chi connectivity index (χ3n) is 4.63. The van der Waals surface area contributed by atoms with Gasteiger partial charge < -0.3 is 36.2 Å². The molecule has 0 aromatic carbocycles. The zero-order valence-electron chi connectivity index (χ0n) is 22.9. The molecule has 2 unspecified atom stereocenters. The number of allylic oxidation sites excluding steroid dienone is 1. The van der Waals surface area contributed by atoms with Crippen LogP contribution < -0.4 is 0 Å². The summed E-state index contributed by atoms with van der Waals surface area (Å²) in [6.07, 6.45) is 0. The molecule has 1 heterocycles. The molecular formula is C20H42O12P4S. The molecule has 0 fully saturated rings. The normalized spacial score (nSPS) is 19.7. The third-order valence-corrected chi connectivity index (χ3v) is 17.5. The monoisotopic (exact) mass is 630 g/mol. The van der Waals surface area contributed by atoms with E-state index in [1.165, 1.54) is 0 Å². The van der Waals surface area contributed by atoms with Crippen molar-refractivity contribution in [3.05, 3.63) is 9.96 Å². The Labute approximate surface area is 225 Å². The minimum atomic E-state index is -4.35. The van der Waals surface area contributed by atoms with Crippen LogP contribution in [0.5, 0.6) is 0 Å². The molecule has 0 aromatic rings. The van der Waals surface area contributed by atoms with Crippen molar-refractivity contribution in [1.82, 2.24) is 0 Å². The predicted molar refractivity (Wildman–Crippen MR) is 146 cm³/mol. The van der Waals surface area contributed by atoms with Gasteiger partial charge in [-0.1, -0.05) is 11.8 Å². The molecule has 12 nitrogen and oxygen atoms in total. The van der Waals surface area contributed by atoms with Gasteiger partial charge in [-0.15, -0.1) is 0 Å². The van der Waals surface area contributed by atoms with Crippen molar-refractivity contribution >= 4 is 42.1 Å². The Morgan fingerprint density at radius 2 is 0.838 bits per heavy atom. The van der Waals surface area contributed by atoms with Crippen LogP contribution >= 0.6 is 42.1 Å². The minimum Gasteiger partial charge on any atom is -0.308 e. The smallest absolute Gasteiger partial charge is 0.308 e. The highest BCUT2D eigenvalue weighted by Gasteiger charge is 2.64. The Hall–Kier alpha value is 0.690. The van der Waals surface area contributed by atoms with Gasteiger partial charge in [0.05, 0.1) is 58.2 Å². The van der Waals surface area contributed by atoms with Gasteiger partial charge in [0, 0.05) is 0 Å². The first kappa shape index (κ1) is 35.7. The Bertz CT molecular complexity index is 902. The molecule has 0 N–H and O–H groups in total. The Morgan fingerprint density at radius 1 is 0.514 bits per heavy atom. The molecule has 1 aliphatic heterocycles. The summed E-state index contributed by atoms with van der Waals surface area (Å²) in [7, 11) is -17.0. The van der Waals surface area contributed by atoms with Gasteiger partial charge in [0.2, 0.25) is 0 Å². The molecule has 1 rings (SSSR count). The lowest BCUT2D eigenvalue weighted by Gasteiger charge is -2.33. The molecule has 37 heavy (non-hydrogen) atoms. The van der Waals surface area contributed by atoms with E-state index in [4.69, 9.17) is 36.2 Å². The van der Waals surface area contributed by atoms with Crippen LogP contribution in [0.15, 0.2) is 9.96 Å². The zero-order chi connectivity index (χ0) is 28.3. The summed E-state index contributed by atoms with van der Waals surface area (Å²) >= 11 is 0.747. The van der Waals surface area contributed by atoms with Crippen LogP contribution in [0.25, 0.3) is 0 Å². The molecule has 0 saturated carbocycles. The van der Waals surface area contributed by atoms with E-state index in [-0.39, 0.29) is 62.8 Å². The molecular weight excluding hydrogens is 588 g/mol. The molecule has 0 saturated heterocycles. The Balaban J connectivity index is 4.25. The first-order chi connectivity index (χ1) is 17.5. The summed E-state index contributed by atoms with van der Waals surface area (Å²) in [5.41, 5.74) is -1.53. The first-order valence-electron chi connectivity index (χ1n) is 12.4. The first-order valence-corrected chi connectivity index (χ1v) is 19.6. The quantitative estimate of drug-likeness (QED) is 0.122. The highest BCUT2D eigenvalue weighted by atomic mass is 32.2. The number of rotatable bonds is 20. The lowest BCUT2D eigenvalue weighted by molar-refractivity contribution is 0.201. The fraction of sp³-hybridized carbons (Fsp3) is 0.900. The zero-order valence-corrected chi connectivity index (χ0v) is 27.3. The average molecular weight is 631 g/mol. The number of thioether (sulfide) groups is 1. The van der Waals surface area contributed by atoms with E-state index in [2.05, 4.69) is 0 Å². The van der Waals surface area contributed by atoms with Crippen molar-refractivity contribution in [3.63, 3.8) is 0 Å². The molecule has 17 heteroatoms. The van der Waals surface area contributed by atoms with E-state index in [1.807, 2.05) is 0 Å². The third kappa shape index (κ3) is 8.36. The second kappa shape index (κ2) is 16.2. The van der Waals surface area contributed by atoms with E-state index in [0.717, 1.165) is 11.8 Å². The van der Waals surface area contributed by atoms with Gasteiger partial charge in [0.15, 0.2) is 0 Å². The second-order valence-electron chi connectivity index (χ2n) is 7.06. The maximum absolute atomic E-state index is 14.4. The van der Waals surface area contributed by atoms with Gasteiger partial charge in [0.1, 0.15) is 15.3 Å². The van der Waals surface area contributed by atoms with Gasteiger partial charge in [0.25, 0.3) is 0 Å². The Kier molecular flexibility index (Phi) is 15.7. The summed E-state index contributed by atoms with van der Waals surface area (Å²) in [5, 5.41) is -0.277. The van der Waals surface area contributed by atoms with Crippen molar-refractivity contribution in [2.45, 2.75) is 66.0 Å². The van der Waals surface area contributed by atoms with E-state index < -0.39 is 41.0 Å². The van der Waals surface area contributed by atoms with Crippen LogP contribution in [0.2, 0.25) is 0 Å². The molecule has 1 aliphatic rings. The van der Waals surface area contributed by atoms with Crippen LogP contribution in [0.4, 0.5) is 0 Å². The van der Waals surface area contributed by atoms with Gasteiger partial charge in [-0.25, -0.2) is 0 Å².